The lowest BCUT2D eigenvalue weighted by molar-refractivity contribution is -0.139. The predicted molar refractivity (Wildman–Crippen MR) is 85.3 cm³/mol. The first kappa shape index (κ1) is 15.3. The van der Waals surface area contributed by atoms with E-state index in [1.807, 2.05) is 50.2 Å². The average molecular weight is 283 g/mol. The molecule has 1 atom stereocenters. The van der Waals surface area contributed by atoms with Crippen LogP contribution in [0.25, 0.3) is 11.1 Å². The molecular weight excluding hydrogens is 262 g/mol. The van der Waals surface area contributed by atoms with Gasteiger partial charge >= 0.3 is 5.97 Å². The van der Waals surface area contributed by atoms with Crippen LogP contribution in [0.4, 0.5) is 0 Å². The van der Waals surface area contributed by atoms with Crippen molar-refractivity contribution in [3.8, 4) is 11.1 Å². The highest BCUT2D eigenvalue weighted by Gasteiger charge is 2.18. The van der Waals surface area contributed by atoms with E-state index in [1.165, 1.54) is 0 Å². The Labute approximate surface area is 125 Å². The van der Waals surface area contributed by atoms with Gasteiger partial charge in [0.25, 0.3) is 0 Å². The Morgan fingerprint density at radius 1 is 1.05 bits per heavy atom. The minimum absolute atomic E-state index is 0.142. The predicted octanol–water partition coefficient (Wildman–Crippen LogP) is 3.35. The summed E-state index contributed by atoms with van der Waals surface area (Å²) in [7, 11) is 0. The standard InChI is InChI=1S/C18H21NO2/c1-13(2)19-17(18(20)21)12-14-7-6-10-16(11-14)15-8-4-3-5-9-15/h3-11,13,17,19H,12H2,1-2H3,(H,20,21). The Morgan fingerprint density at radius 3 is 2.33 bits per heavy atom. The highest BCUT2D eigenvalue weighted by Crippen LogP contribution is 2.20. The minimum atomic E-state index is -0.811. The van der Waals surface area contributed by atoms with Gasteiger partial charge in [0.15, 0.2) is 0 Å². The summed E-state index contributed by atoms with van der Waals surface area (Å²) in [4.78, 5) is 11.3. The highest BCUT2D eigenvalue weighted by molar-refractivity contribution is 5.74. The number of aliphatic carboxylic acids is 1. The van der Waals surface area contributed by atoms with Crippen molar-refractivity contribution in [2.45, 2.75) is 32.4 Å². The lowest BCUT2D eigenvalue weighted by Crippen LogP contribution is -2.42. The van der Waals surface area contributed by atoms with Gasteiger partial charge in [-0.2, -0.15) is 0 Å². The molecule has 0 bridgehead atoms. The summed E-state index contributed by atoms with van der Waals surface area (Å²) >= 11 is 0. The molecule has 1 unspecified atom stereocenters. The van der Waals surface area contributed by atoms with E-state index < -0.39 is 12.0 Å². The molecule has 2 N–H and O–H groups in total. The zero-order chi connectivity index (χ0) is 15.2. The number of nitrogens with one attached hydrogen (secondary N) is 1. The van der Waals surface area contributed by atoms with Gasteiger partial charge in [-0.15, -0.1) is 0 Å². The van der Waals surface area contributed by atoms with E-state index in [2.05, 4.69) is 23.5 Å². The third-order valence-electron chi connectivity index (χ3n) is 3.31. The fraction of sp³-hybridized carbons (Fsp3) is 0.278. The van der Waals surface area contributed by atoms with Gasteiger partial charge in [-0.05, 0) is 23.1 Å². The second-order valence-corrected chi connectivity index (χ2v) is 5.48. The van der Waals surface area contributed by atoms with Gasteiger partial charge in [0.2, 0.25) is 0 Å². The third kappa shape index (κ3) is 4.43. The molecule has 0 fully saturated rings. The van der Waals surface area contributed by atoms with Crippen molar-refractivity contribution in [2.75, 3.05) is 0 Å². The molecule has 21 heavy (non-hydrogen) atoms. The lowest BCUT2D eigenvalue weighted by atomic mass is 9.99. The molecular formula is C18H21NO2. The Hall–Kier alpha value is -2.13. The Kier molecular flexibility index (Phi) is 5.12. The summed E-state index contributed by atoms with van der Waals surface area (Å²) in [5, 5.41) is 12.4. The molecule has 3 nitrogen and oxygen atoms in total. The number of carboxylic acid groups (broad SMARTS) is 1. The van der Waals surface area contributed by atoms with Crippen LogP contribution in [0.5, 0.6) is 0 Å². The Morgan fingerprint density at radius 2 is 1.71 bits per heavy atom. The third-order valence-corrected chi connectivity index (χ3v) is 3.31. The molecule has 0 aliphatic heterocycles. The number of carboxylic acids is 1. The maximum Gasteiger partial charge on any atom is 0.321 e. The van der Waals surface area contributed by atoms with Crippen molar-refractivity contribution in [2.24, 2.45) is 0 Å². The van der Waals surface area contributed by atoms with Crippen molar-refractivity contribution in [1.29, 1.82) is 0 Å². The molecule has 0 aromatic heterocycles. The number of benzene rings is 2. The molecule has 2 rings (SSSR count). The van der Waals surface area contributed by atoms with Gasteiger partial charge in [-0.1, -0.05) is 68.4 Å². The van der Waals surface area contributed by atoms with Crippen molar-refractivity contribution in [1.82, 2.24) is 5.32 Å². The quantitative estimate of drug-likeness (QED) is 0.854. The highest BCUT2D eigenvalue weighted by atomic mass is 16.4. The molecule has 3 heteroatoms. The first-order valence-electron chi connectivity index (χ1n) is 7.19. The normalized spacial score (nSPS) is 12.3. The van der Waals surface area contributed by atoms with Crippen LogP contribution >= 0.6 is 0 Å². The first-order chi connectivity index (χ1) is 10.1. The van der Waals surface area contributed by atoms with Crippen LogP contribution < -0.4 is 5.32 Å². The fourth-order valence-electron chi connectivity index (χ4n) is 2.36. The number of hydrogen-bond donors (Lipinski definition) is 2. The van der Waals surface area contributed by atoms with E-state index >= 15 is 0 Å². The Balaban J connectivity index is 2.19. The molecule has 0 amide bonds. The first-order valence-corrected chi connectivity index (χ1v) is 7.19. The van der Waals surface area contributed by atoms with Crippen molar-refractivity contribution >= 4 is 5.97 Å². The number of rotatable bonds is 6. The minimum Gasteiger partial charge on any atom is -0.480 e. The van der Waals surface area contributed by atoms with Gasteiger partial charge in [0, 0.05) is 6.04 Å². The summed E-state index contributed by atoms with van der Waals surface area (Å²) in [6.07, 6.45) is 0.480. The van der Waals surface area contributed by atoms with E-state index in [0.29, 0.717) is 6.42 Å². The largest absolute Gasteiger partial charge is 0.480 e. The van der Waals surface area contributed by atoms with Gasteiger partial charge in [0.1, 0.15) is 6.04 Å². The van der Waals surface area contributed by atoms with E-state index in [-0.39, 0.29) is 6.04 Å². The van der Waals surface area contributed by atoms with Crippen LogP contribution in [0.15, 0.2) is 54.6 Å². The summed E-state index contributed by atoms with van der Waals surface area (Å²) < 4.78 is 0. The van der Waals surface area contributed by atoms with Crippen LogP contribution in [0, 0.1) is 0 Å². The van der Waals surface area contributed by atoms with Crippen LogP contribution in [0.1, 0.15) is 19.4 Å². The van der Waals surface area contributed by atoms with Gasteiger partial charge in [-0.25, -0.2) is 0 Å². The average Bonchev–Trinajstić information content (AvgIpc) is 2.47. The van der Waals surface area contributed by atoms with Crippen LogP contribution in [0.3, 0.4) is 0 Å². The Bertz CT molecular complexity index is 593. The van der Waals surface area contributed by atoms with Crippen LogP contribution in [-0.2, 0) is 11.2 Å². The molecule has 0 aliphatic carbocycles. The second-order valence-electron chi connectivity index (χ2n) is 5.48. The lowest BCUT2D eigenvalue weighted by Gasteiger charge is -2.17. The zero-order valence-electron chi connectivity index (χ0n) is 12.4. The molecule has 0 saturated heterocycles. The summed E-state index contributed by atoms with van der Waals surface area (Å²) in [6.45, 7) is 3.91. The molecule has 0 saturated carbocycles. The molecule has 2 aromatic rings. The van der Waals surface area contributed by atoms with Crippen LogP contribution in [-0.4, -0.2) is 23.2 Å². The second kappa shape index (κ2) is 7.04. The van der Waals surface area contributed by atoms with Crippen molar-refractivity contribution in [3.63, 3.8) is 0 Å². The van der Waals surface area contributed by atoms with E-state index in [0.717, 1.165) is 16.7 Å². The van der Waals surface area contributed by atoms with E-state index in [9.17, 15) is 9.90 Å². The summed E-state index contributed by atoms with van der Waals surface area (Å²) in [5.74, 6) is -0.811. The molecule has 0 radical (unpaired) electrons. The van der Waals surface area contributed by atoms with Crippen molar-refractivity contribution < 1.29 is 9.90 Å². The van der Waals surface area contributed by atoms with Crippen molar-refractivity contribution in [3.05, 3.63) is 60.2 Å². The molecule has 0 aliphatic rings. The maximum absolute atomic E-state index is 11.3. The van der Waals surface area contributed by atoms with E-state index in [1.54, 1.807) is 0 Å². The van der Waals surface area contributed by atoms with Gasteiger partial charge < -0.3 is 10.4 Å². The molecule has 2 aromatic carbocycles. The summed E-state index contributed by atoms with van der Waals surface area (Å²) in [6, 6.07) is 17.7. The van der Waals surface area contributed by atoms with Crippen LogP contribution in [0.2, 0.25) is 0 Å². The SMILES string of the molecule is CC(C)NC(Cc1cccc(-c2ccccc2)c1)C(=O)O. The summed E-state index contributed by atoms with van der Waals surface area (Å²) in [5.41, 5.74) is 3.28. The van der Waals surface area contributed by atoms with Gasteiger partial charge in [0.05, 0.1) is 0 Å². The maximum atomic E-state index is 11.3. The fourth-order valence-corrected chi connectivity index (χ4v) is 2.36. The van der Waals surface area contributed by atoms with Gasteiger partial charge in [-0.3, -0.25) is 4.79 Å². The van der Waals surface area contributed by atoms with E-state index in [4.69, 9.17) is 0 Å². The molecule has 0 heterocycles. The molecule has 110 valence electrons. The topological polar surface area (TPSA) is 49.3 Å². The molecule has 0 spiro atoms. The number of hydrogen-bond acceptors (Lipinski definition) is 2. The smallest absolute Gasteiger partial charge is 0.321 e. The number of carbonyl (C=O) groups is 1. The zero-order valence-corrected chi connectivity index (χ0v) is 12.4. The monoisotopic (exact) mass is 283 g/mol.